The van der Waals surface area contributed by atoms with Crippen molar-refractivity contribution in [2.45, 2.75) is 0 Å². The minimum Gasteiger partial charge on any atom is -0.455 e. The average molecular weight is 1670 g/mol. The van der Waals surface area contributed by atoms with Gasteiger partial charge in [-0.2, -0.15) is 0 Å². The number of para-hydroxylation sites is 2. The van der Waals surface area contributed by atoms with Crippen molar-refractivity contribution in [1.82, 2.24) is 0 Å². The topological polar surface area (TPSA) is 13.1 Å². The van der Waals surface area contributed by atoms with Gasteiger partial charge in [0.1, 0.15) is 11.2 Å². The molecule has 0 saturated carbocycles. The van der Waals surface area contributed by atoms with Crippen molar-refractivity contribution in [3.8, 4) is 122 Å². The Balaban J connectivity index is 0.000000108. The van der Waals surface area contributed by atoms with Crippen LogP contribution in [0.3, 0.4) is 0 Å². The second-order valence-electron chi connectivity index (χ2n) is 33.4. The highest BCUT2D eigenvalue weighted by Gasteiger charge is 2.24. The van der Waals surface area contributed by atoms with Gasteiger partial charge in [0.25, 0.3) is 0 Å². The molecular formula is C126H80OS2. The van der Waals surface area contributed by atoms with E-state index in [0.29, 0.717) is 0 Å². The average Bonchev–Trinajstić information content (AvgIpc) is 1.31. The number of thiophene rings is 2. The summed E-state index contributed by atoms with van der Waals surface area (Å²) in [5, 5.41) is 22.9. The quantitative estimate of drug-likeness (QED) is 0.118. The van der Waals surface area contributed by atoms with Crippen molar-refractivity contribution < 1.29 is 4.42 Å². The lowest BCUT2D eigenvalue weighted by molar-refractivity contribution is 0.670. The number of furan rings is 1. The first kappa shape index (κ1) is 76.5. The zero-order valence-electron chi connectivity index (χ0n) is 70.4. The molecule has 0 atom stereocenters. The first-order valence-electron chi connectivity index (χ1n) is 44.2. The van der Waals surface area contributed by atoms with E-state index in [0.717, 1.165) is 33.1 Å². The van der Waals surface area contributed by atoms with Crippen LogP contribution in [0, 0.1) is 0 Å². The van der Waals surface area contributed by atoms with Gasteiger partial charge in [-0.1, -0.05) is 437 Å². The molecule has 0 aliphatic carbocycles. The monoisotopic (exact) mass is 1670 g/mol. The molecule has 1 nitrogen and oxygen atoms in total. The molecule has 0 fully saturated rings. The van der Waals surface area contributed by atoms with E-state index < -0.39 is 0 Å². The summed E-state index contributed by atoms with van der Waals surface area (Å²) in [6.07, 6.45) is 0. The third kappa shape index (κ3) is 13.6. The molecule has 0 bridgehead atoms. The van der Waals surface area contributed by atoms with Crippen LogP contribution in [0.5, 0.6) is 0 Å². The Morgan fingerprint density at radius 3 is 0.752 bits per heavy atom. The lowest BCUT2D eigenvalue weighted by Gasteiger charge is -2.19. The molecule has 0 N–H and O–H groups in total. The molecule has 0 saturated heterocycles. The van der Waals surface area contributed by atoms with Crippen molar-refractivity contribution in [3.05, 3.63) is 485 Å². The zero-order chi connectivity index (χ0) is 85.2. The van der Waals surface area contributed by atoms with Crippen LogP contribution in [0.2, 0.25) is 0 Å². The Morgan fingerprint density at radius 2 is 0.372 bits per heavy atom. The van der Waals surface area contributed by atoms with E-state index in [-0.39, 0.29) is 0 Å². The third-order valence-corrected chi connectivity index (χ3v) is 28.4. The predicted molar refractivity (Wildman–Crippen MR) is 557 cm³/mol. The molecule has 3 aromatic heterocycles. The minimum absolute atomic E-state index is 0.917. The number of fused-ring (bicyclic) bond motifs is 15. The summed E-state index contributed by atoms with van der Waals surface area (Å²) < 4.78 is 11.8. The molecule has 0 spiro atoms. The van der Waals surface area contributed by atoms with E-state index in [4.69, 9.17) is 4.42 Å². The standard InChI is InChI=1S/C44H28O.C44H28S.C38H24S/c2*1-3-13-29(14-4-1)42-36-20-7-8-21-37(36)43(30-15-5-2-6-16-30)40-28-32(25-26-38(40)42)31-17-11-18-33(27-31)34-22-12-23-39-35-19-9-10-24-41(35)45-44(34)39;1-2-12-25(13-3-1)36-30-17-4-6-19-32(30)37(33-20-7-5-18-31(33)36)27-15-10-14-26(24-27)28-21-11-22-34-29-16-8-9-23-35(29)39-38(28)34/h2*1-28H;1-24H. The van der Waals surface area contributed by atoms with Gasteiger partial charge in [-0.3, -0.25) is 0 Å². The molecule has 0 aliphatic rings. The fourth-order valence-corrected chi connectivity index (χ4v) is 22.7. The Bertz CT molecular complexity index is 8430. The largest absolute Gasteiger partial charge is 0.455 e. The lowest BCUT2D eigenvalue weighted by atomic mass is 9.85. The van der Waals surface area contributed by atoms with E-state index in [1.54, 1.807) is 0 Å². The van der Waals surface area contributed by atoms with Gasteiger partial charge >= 0.3 is 0 Å². The van der Waals surface area contributed by atoms with E-state index in [2.05, 4.69) is 473 Å². The molecule has 3 heteroatoms. The highest BCUT2D eigenvalue weighted by molar-refractivity contribution is 7.26. The van der Waals surface area contributed by atoms with E-state index in [1.807, 2.05) is 34.8 Å². The summed E-state index contributed by atoms with van der Waals surface area (Å²) in [5.41, 5.74) is 29.1. The van der Waals surface area contributed by atoms with Gasteiger partial charge in [-0.15, -0.1) is 22.7 Å². The molecule has 26 aromatic rings. The molecule has 0 unspecified atom stereocenters. The van der Waals surface area contributed by atoms with Gasteiger partial charge in [-0.25, -0.2) is 0 Å². The highest BCUT2D eigenvalue weighted by Crippen LogP contribution is 2.51. The predicted octanol–water partition coefficient (Wildman–Crippen LogP) is 37.0. The smallest absolute Gasteiger partial charge is 0.143 e. The van der Waals surface area contributed by atoms with Crippen molar-refractivity contribution in [1.29, 1.82) is 0 Å². The first-order chi connectivity index (χ1) is 64.0. The maximum atomic E-state index is 6.40. The van der Waals surface area contributed by atoms with Gasteiger partial charge in [-0.05, 0) is 230 Å². The van der Waals surface area contributed by atoms with Gasteiger partial charge in [0.15, 0.2) is 0 Å². The highest BCUT2D eigenvalue weighted by atomic mass is 32.1. The number of rotatable bonds is 11. The van der Waals surface area contributed by atoms with E-state index >= 15 is 0 Å². The summed E-state index contributed by atoms with van der Waals surface area (Å²) in [6, 6.07) is 176. The molecular weight excluding hydrogens is 1590 g/mol. The fourth-order valence-electron chi connectivity index (χ4n) is 20.2. The Labute approximate surface area is 755 Å². The number of hydrogen-bond donors (Lipinski definition) is 0. The Kier molecular flexibility index (Phi) is 19.4. The summed E-state index contributed by atoms with van der Waals surface area (Å²) in [5.74, 6) is 0. The third-order valence-electron chi connectivity index (χ3n) is 26.0. The summed E-state index contributed by atoms with van der Waals surface area (Å²) in [6.45, 7) is 0. The molecule has 602 valence electrons. The van der Waals surface area contributed by atoms with Crippen molar-refractivity contribution in [3.63, 3.8) is 0 Å². The maximum Gasteiger partial charge on any atom is 0.143 e. The van der Waals surface area contributed by atoms with Crippen LogP contribution in [-0.4, -0.2) is 0 Å². The zero-order valence-corrected chi connectivity index (χ0v) is 72.0. The van der Waals surface area contributed by atoms with Crippen LogP contribution in [0.1, 0.15) is 0 Å². The van der Waals surface area contributed by atoms with Crippen LogP contribution < -0.4 is 0 Å². The van der Waals surface area contributed by atoms with E-state index in [1.165, 1.54) is 216 Å². The van der Waals surface area contributed by atoms with Crippen molar-refractivity contribution >= 4 is 150 Å². The maximum absolute atomic E-state index is 6.40. The fraction of sp³-hybridized carbons (Fsp3) is 0. The Hall–Kier alpha value is -16.1. The molecule has 3 heterocycles. The second kappa shape index (κ2) is 32.8. The SMILES string of the molecule is c1ccc(-c2c3ccccc3c(-c3cccc(-c4cccc5c4sc4ccccc45)c3)c3ccccc23)cc1.c1ccc(-c2c3ccccc3c(-c3ccccc3)c3cc(-c4cccc(-c5cccc6c5oc5ccccc56)c4)ccc23)cc1.c1ccc(-c2c3ccccc3c(-c3ccccc3)c3cc(-c4cccc(-c5cccc6c5sc5ccccc56)c4)ccc23)cc1. The molecule has 0 amide bonds. The van der Waals surface area contributed by atoms with Gasteiger partial charge in [0, 0.05) is 56.7 Å². The van der Waals surface area contributed by atoms with E-state index in [9.17, 15) is 0 Å². The van der Waals surface area contributed by atoms with Gasteiger partial charge in [0.05, 0.1) is 0 Å². The Morgan fingerprint density at radius 1 is 0.132 bits per heavy atom. The molecule has 23 aromatic carbocycles. The molecule has 0 radical (unpaired) electrons. The van der Waals surface area contributed by atoms with Crippen LogP contribution >= 0.6 is 22.7 Å². The molecule has 129 heavy (non-hydrogen) atoms. The molecule has 0 aliphatic heterocycles. The molecule has 26 rings (SSSR count). The van der Waals surface area contributed by atoms with Crippen LogP contribution in [0.4, 0.5) is 0 Å². The minimum atomic E-state index is 0.917. The number of hydrogen-bond acceptors (Lipinski definition) is 3. The normalized spacial score (nSPS) is 11.6. The summed E-state index contributed by atoms with van der Waals surface area (Å²) >= 11 is 3.78. The van der Waals surface area contributed by atoms with Gasteiger partial charge < -0.3 is 4.42 Å². The van der Waals surface area contributed by atoms with Crippen LogP contribution in [0.15, 0.2) is 490 Å². The van der Waals surface area contributed by atoms with Crippen LogP contribution in [-0.2, 0) is 0 Å². The van der Waals surface area contributed by atoms with Crippen LogP contribution in [0.25, 0.3) is 249 Å². The summed E-state index contributed by atoms with van der Waals surface area (Å²) in [7, 11) is 0. The first-order valence-corrected chi connectivity index (χ1v) is 45.9. The number of benzene rings is 23. The lowest BCUT2D eigenvalue weighted by Crippen LogP contribution is -1.91. The van der Waals surface area contributed by atoms with Crippen molar-refractivity contribution in [2.75, 3.05) is 0 Å². The second-order valence-corrected chi connectivity index (χ2v) is 35.5. The van der Waals surface area contributed by atoms with Crippen molar-refractivity contribution in [2.24, 2.45) is 0 Å². The summed E-state index contributed by atoms with van der Waals surface area (Å²) in [4.78, 5) is 0. The van der Waals surface area contributed by atoms with Gasteiger partial charge in [0.2, 0.25) is 0 Å².